The van der Waals surface area contributed by atoms with E-state index >= 15 is 0 Å². The molecule has 1 atom stereocenters. The molecule has 0 radical (unpaired) electrons. The van der Waals surface area contributed by atoms with Crippen molar-refractivity contribution < 1.29 is 0 Å². The van der Waals surface area contributed by atoms with Gasteiger partial charge in [-0.2, -0.15) is 0 Å². The fourth-order valence-electron chi connectivity index (χ4n) is 2.11. The van der Waals surface area contributed by atoms with Crippen LogP contribution in [0.3, 0.4) is 0 Å². The van der Waals surface area contributed by atoms with Gasteiger partial charge < -0.3 is 15.5 Å². The predicted molar refractivity (Wildman–Crippen MR) is 70.2 cm³/mol. The fraction of sp³-hybridized carbons (Fsp3) is 0.500. The third-order valence-electron chi connectivity index (χ3n) is 3.24. The molecule has 0 saturated carbocycles. The predicted octanol–water partition coefficient (Wildman–Crippen LogP) is 2.06. The molecule has 2 N–H and O–H groups in total. The summed E-state index contributed by atoms with van der Waals surface area (Å²) in [4.78, 5) is 4.63. The highest BCUT2D eigenvalue weighted by atomic mass is 35.5. The SMILES string of the molecule is CN(C)C1CCN(c2ccc(N)c(Cl)c2)C1. The summed E-state index contributed by atoms with van der Waals surface area (Å²) in [6.45, 7) is 2.15. The van der Waals surface area contributed by atoms with Gasteiger partial charge in [-0.15, -0.1) is 0 Å². The first-order chi connectivity index (χ1) is 7.58. The van der Waals surface area contributed by atoms with Crippen molar-refractivity contribution >= 4 is 23.0 Å². The van der Waals surface area contributed by atoms with Gasteiger partial charge in [0.2, 0.25) is 0 Å². The number of halogens is 1. The number of nitrogens with zero attached hydrogens (tertiary/aromatic N) is 2. The second-order valence-electron chi connectivity index (χ2n) is 4.56. The van der Waals surface area contributed by atoms with E-state index in [1.54, 1.807) is 0 Å². The molecule has 1 aromatic carbocycles. The number of anilines is 2. The molecule has 1 unspecified atom stereocenters. The van der Waals surface area contributed by atoms with Crippen LogP contribution in [0, 0.1) is 0 Å². The standard InChI is InChI=1S/C12H18ClN3/c1-15(2)10-5-6-16(8-10)9-3-4-12(14)11(13)7-9/h3-4,7,10H,5-6,8,14H2,1-2H3. The third-order valence-corrected chi connectivity index (χ3v) is 3.57. The quantitative estimate of drug-likeness (QED) is 0.802. The highest BCUT2D eigenvalue weighted by molar-refractivity contribution is 6.33. The zero-order valence-electron chi connectivity index (χ0n) is 9.78. The fourth-order valence-corrected chi connectivity index (χ4v) is 2.29. The summed E-state index contributed by atoms with van der Waals surface area (Å²) < 4.78 is 0. The number of hydrogen-bond acceptors (Lipinski definition) is 3. The minimum Gasteiger partial charge on any atom is -0.398 e. The Labute approximate surface area is 102 Å². The molecule has 1 aliphatic heterocycles. The molecule has 3 nitrogen and oxygen atoms in total. The van der Waals surface area contributed by atoms with Crippen LogP contribution in [-0.2, 0) is 0 Å². The monoisotopic (exact) mass is 239 g/mol. The molecule has 1 aromatic rings. The summed E-state index contributed by atoms with van der Waals surface area (Å²) in [6, 6.07) is 6.51. The Hall–Kier alpha value is -0.930. The zero-order chi connectivity index (χ0) is 11.7. The van der Waals surface area contributed by atoms with Crippen LogP contribution in [0.25, 0.3) is 0 Å². The lowest BCUT2D eigenvalue weighted by Crippen LogP contribution is -2.31. The summed E-state index contributed by atoms with van der Waals surface area (Å²) in [5, 5.41) is 0.644. The lowest BCUT2D eigenvalue weighted by Gasteiger charge is -2.22. The van der Waals surface area contributed by atoms with E-state index in [2.05, 4.69) is 23.9 Å². The first-order valence-electron chi connectivity index (χ1n) is 5.54. The van der Waals surface area contributed by atoms with E-state index in [0.717, 1.165) is 13.1 Å². The van der Waals surface area contributed by atoms with E-state index in [0.29, 0.717) is 16.8 Å². The number of nitrogens with two attached hydrogens (primary N) is 1. The average Bonchev–Trinajstić information content (AvgIpc) is 2.71. The van der Waals surface area contributed by atoms with Gasteiger partial charge in [0.05, 0.1) is 10.7 Å². The normalized spacial score (nSPS) is 20.8. The first kappa shape index (κ1) is 11.6. The van der Waals surface area contributed by atoms with Crippen molar-refractivity contribution in [1.29, 1.82) is 0 Å². The summed E-state index contributed by atoms with van der Waals surface area (Å²) >= 11 is 6.03. The van der Waals surface area contributed by atoms with Crippen LogP contribution in [-0.4, -0.2) is 38.1 Å². The van der Waals surface area contributed by atoms with Gasteiger partial charge in [-0.05, 0) is 38.7 Å². The van der Waals surface area contributed by atoms with Crippen molar-refractivity contribution in [2.75, 3.05) is 37.8 Å². The van der Waals surface area contributed by atoms with Crippen LogP contribution in [0.15, 0.2) is 18.2 Å². The van der Waals surface area contributed by atoms with E-state index in [1.807, 2.05) is 18.2 Å². The van der Waals surface area contributed by atoms with Crippen LogP contribution in [0.2, 0.25) is 5.02 Å². The van der Waals surface area contributed by atoms with Gasteiger partial charge in [-0.3, -0.25) is 0 Å². The number of nitrogen functional groups attached to an aromatic ring is 1. The molecular formula is C12H18ClN3. The molecule has 0 bridgehead atoms. The van der Waals surface area contributed by atoms with Crippen LogP contribution >= 0.6 is 11.6 Å². The minimum absolute atomic E-state index is 0.635. The molecule has 0 aliphatic carbocycles. The Balaban J connectivity index is 2.11. The van der Waals surface area contributed by atoms with E-state index in [-0.39, 0.29) is 0 Å². The Morgan fingerprint density at radius 1 is 1.44 bits per heavy atom. The Kier molecular flexibility index (Phi) is 3.26. The summed E-state index contributed by atoms with van der Waals surface area (Å²) in [5.41, 5.74) is 7.52. The van der Waals surface area contributed by atoms with Gasteiger partial charge >= 0.3 is 0 Å². The first-order valence-corrected chi connectivity index (χ1v) is 5.92. The number of rotatable bonds is 2. The molecule has 2 rings (SSSR count). The summed E-state index contributed by atoms with van der Waals surface area (Å²) in [6.07, 6.45) is 1.20. The van der Waals surface area contributed by atoms with Gasteiger partial charge in [0.25, 0.3) is 0 Å². The van der Waals surface area contributed by atoms with Crippen molar-refractivity contribution in [3.05, 3.63) is 23.2 Å². The molecular weight excluding hydrogens is 222 g/mol. The van der Waals surface area contributed by atoms with E-state index in [9.17, 15) is 0 Å². The van der Waals surface area contributed by atoms with Crippen LogP contribution in [0.1, 0.15) is 6.42 Å². The van der Waals surface area contributed by atoms with Crippen molar-refractivity contribution in [3.8, 4) is 0 Å². The second-order valence-corrected chi connectivity index (χ2v) is 4.97. The highest BCUT2D eigenvalue weighted by Gasteiger charge is 2.24. The van der Waals surface area contributed by atoms with E-state index in [4.69, 9.17) is 17.3 Å². The highest BCUT2D eigenvalue weighted by Crippen LogP contribution is 2.28. The van der Waals surface area contributed by atoms with Gasteiger partial charge in [-0.1, -0.05) is 11.6 Å². The lowest BCUT2D eigenvalue weighted by molar-refractivity contribution is 0.315. The molecule has 1 aliphatic rings. The maximum atomic E-state index is 6.03. The molecule has 0 amide bonds. The zero-order valence-corrected chi connectivity index (χ0v) is 10.5. The maximum Gasteiger partial charge on any atom is 0.0656 e. The van der Waals surface area contributed by atoms with Crippen LogP contribution in [0.4, 0.5) is 11.4 Å². The van der Waals surface area contributed by atoms with Crippen molar-refractivity contribution in [3.63, 3.8) is 0 Å². The number of benzene rings is 1. The number of hydrogen-bond donors (Lipinski definition) is 1. The summed E-state index contributed by atoms with van der Waals surface area (Å²) in [5.74, 6) is 0. The Morgan fingerprint density at radius 3 is 2.75 bits per heavy atom. The second kappa shape index (κ2) is 4.52. The average molecular weight is 240 g/mol. The topological polar surface area (TPSA) is 32.5 Å². The van der Waals surface area contributed by atoms with Crippen molar-refractivity contribution in [2.24, 2.45) is 0 Å². The van der Waals surface area contributed by atoms with E-state index in [1.165, 1.54) is 12.1 Å². The van der Waals surface area contributed by atoms with Crippen LogP contribution < -0.4 is 10.6 Å². The van der Waals surface area contributed by atoms with Crippen LogP contribution in [0.5, 0.6) is 0 Å². The molecule has 16 heavy (non-hydrogen) atoms. The minimum atomic E-state index is 0.635. The van der Waals surface area contributed by atoms with Gasteiger partial charge in [0, 0.05) is 24.8 Å². The Bertz CT molecular complexity index is 379. The van der Waals surface area contributed by atoms with Gasteiger partial charge in [0.15, 0.2) is 0 Å². The number of likely N-dealkylation sites (N-methyl/N-ethyl adjacent to an activating group) is 1. The molecule has 88 valence electrons. The van der Waals surface area contributed by atoms with Crippen molar-refractivity contribution in [1.82, 2.24) is 4.90 Å². The molecule has 0 aromatic heterocycles. The summed E-state index contributed by atoms with van der Waals surface area (Å²) in [7, 11) is 4.26. The molecule has 0 spiro atoms. The Morgan fingerprint density at radius 2 is 2.19 bits per heavy atom. The van der Waals surface area contributed by atoms with Crippen molar-refractivity contribution in [2.45, 2.75) is 12.5 Å². The molecule has 1 fully saturated rings. The van der Waals surface area contributed by atoms with Gasteiger partial charge in [0.1, 0.15) is 0 Å². The third kappa shape index (κ3) is 2.25. The smallest absolute Gasteiger partial charge is 0.0656 e. The molecule has 4 heteroatoms. The lowest BCUT2D eigenvalue weighted by atomic mass is 10.2. The molecule has 1 saturated heterocycles. The molecule has 1 heterocycles. The van der Waals surface area contributed by atoms with Gasteiger partial charge in [-0.25, -0.2) is 0 Å². The maximum absolute atomic E-state index is 6.03. The van der Waals surface area contributed by atoms with E-state index < -0.39 is 0 Å². The largest absolute Gasteiger partial charge is 0.398 e.